The fourth-order valence-corrected chi connectivity index (χ4v) is 4.14. The second-order valence-corrected chi connectivity index (χ2v) is 9.08. The summed E-state index contributed by atoms with van der Waals surface area (Å²) >= 11 is 0. The van der Waals surface area contributed by atoms with Gasteiger partial charge in [0.1, 0.15) is 18.1 Å². The molecule has 0 saturated heterocycles. The number of ether oxygens (including phenoxy) is 1. The van der Waals surface area contributed by atoms with Crippen LogP contribution in [0.5, 0.6) is 5.75 Å². The lowest BCUT2D eigenvalue weighted by Gasteiger charge is -2.27. The molecule has 0 aliphatic carbocycles. The van der Waals surface area contributed by atoms with Gasteiger partial charge in [0, 0.05) is 11.6 Å². The number of nitrogens with zero attached hydrogens (tertiary/aromatic N) is 2. The molecule has 2 aromatic carbocycles. The van der Waals surface area contributed by atoms with Gasteiger partial charge in [-0.1, -0.05) is 30.3 Å². The van der Waals surface area contributed by atoms with Crippen molar-refractivity contribution in [2.75, 3.05) is 11.3 Å². The highest BCUT2D eigenvalue weighted by Crippen LogP contribution is 2.31. The summed E-state index contributed by atoms with van der Waals surface area (Å²) in [5.41, 5.74) is 6.05. The second-order valence-electron chi connectivity index (χ2n) is 7.74. The molecular formula is C21H21N5O4S. The Morgan fingerprint density at radius 1 is 1.16 bits per heavy atom. The van der Waals surface area contributed by atoms with Crippen molar-refractivity contribution in [3.8, 4) is 5.75 Å². The van der Waals surface area contributed by atoms with Gasteiger partial charge in [0.15, 0.2) is 5.84 Å². The number of hydrogen-bond donors (Lipinski definition) is 3. The molecule has 0 atom stereocenters. The number of amides is 1. The number of anilines is 1. The van der Waals surface area contributed by atoms with E-state index in [4.69, 9.17) is 10.5 Å². The predicted molar refractivity (Wildman–Crippen MR) is 118 cm³/mol. The van der Waals surface area contributed by atoms with Crippen molar-refractivity contribution in [3.63, 3.8) is 0 Å². The highest BCUT2D eigenvalue weighted by molar-refractivity contribution is 7.91. The number of rotatable bonds is 5. The third-order valence-corrected chi connectivity index (χ3v) is 5.58. The fourth-order valence-electron chi connectivity index (χ4n) is 3.30. The molecule has 1 aliphatic heterocycles. The lowest BCUT2D eigenvalue weighted by Crippen LogP contribution is -2.48. The molecule has 4 N–H and O–H groups in total. The van der Waals surface area contributed by atoms with Gasteiger partial charge in [0.25, 0.3) is 5.91 Å². The third-order valence-electron chi connectivity index (χ3n) is 4.67. The van der Waals surface area contributed by atoms with Crippen molar-refractivity contribution in [1.29, 1.82) is 0 Å². The van der Waals surface area contributed by atoms with Gasteiger partial charge in [0.05, 0.1) is 16.8 Å². The maximum atomic E-state index is 12.9. The summed E-state index contributed by atoms with van der Waals surface area (Å²) in [7, 11) is -3.88. The van der Waals surface area contributed by atoms with Crippen LogP contribution in [0.25, 0.3) is 10.8 Å². The number of pyridine rings is 1. The van der Waals surface area contributed by atoms with E-state index in [0.717, 1.165) is 10.8 Å². The molecule has 3 aromatic rings. The van der Waals surface area contributed by atoms with Crippen LogP contribution in [0, 0.1) is 0 Å². The molecule has 0 unspecified atom stereocenters. The summed E-state index contributed by atoms with van der Waals surface area (Å²) in [5, 5.41) is 4.62. The van der Waals surface area contributed by atoms with Gasteiger partial charge in [-0.2, -0.15) is 8.42 Å². The zero-order valence-electron chi connectivity index (χ0n) is 16.9. The Morgan fingerprint density at radius 2 is 1.94 bits per heavy atom. The van der Waals surface area contributed by atoms with Crippen molar-refractivity contribution >= 4 is 38.4 Å². The van der Waals surface area contributed by atoms with Crippen molar-refractivity contribution in [2.24, 2.45) is 10.1 Å². The molecule has 2 heterocycles. The number of fused-ring (bicyclic) bond motifs is 2. The zero-order valence-corrected chi connectivity index (χ0v) is 17.7. The van der Waals surface area contributed by atoms with Crippen molar-refractivity contribution in [2.45, 2.75) is 19.4 Å². The summed E-state index contributed by atoms with van der Waals surface area (Å²) in [4.78, 5) is 17.1. The second kappa shape index (κ2) is 7.55. The number of carbonyl (C=O) groups is 1. The Kier molecular flexibility index (Phi) is 5.02. The van der Waals surface area contributed by atoms with Gasteiger partial charge in [0.2, 0.25) is 0 Å². The molecule has 0 fully saturated rings. The number of carbonyl (C=O) groups excluding carboxylic acids is 1. The number of benzene rings is 2. The molecule has 0 radical (unpaired) electrons. The van der Waals surface area contributed by atoms with E-state index >= 15 is 0 Å². The van der Waals surface area contributed by atoms with Crippen LogP contribution in [0.3, 0.4) is 0 Å². The predicted octanol–water partition coefficient (Wildman–Crippen LogP) is 2.20. The van der Waals surface area contributed by atoms with E-state index in [1.807, 2.05) is 44.2 Å². The summed E-state index contributed by atoms with van der Waals surface area (Å²) in [5.74, 6) is -0.132. The number of nitrogens with one attached hydrogen (secondary N) is 2. The smallest absolute Gasteiger partial charge is 0.344 e. The van der Waals surface area contributed by atoms with Gasteiger partial charge in [-0.3, -0.25) is 14.5 Å². The number of hydrogen-bond acceptors (Lipinski definition) is 6. The molecule has 0 saturated carbocycles. The first-order valence-corrected chi connectivity index (χ1v) is 10.9. The summed E-state index contributed by atoms with van der Waals surface area (Å²) in [6.07, 6.45) is 1.60. The number of nitrogens with two attached hydrogens (primary N) is 1. The van der Waals surface area contributed by atoms with Crippen LogP contribution in [0.15, 0.2) is 59.1 Å². The van der Waals surface area contributed by atoms with Gasteiger partial charge in [-0.05, 0) is 37.4 Å². The van der Waals surface area contributed by atoms with Crippen LogP contribution >= 0.6 is 0 Å². The first-order valence-electron chi connectivity index (χ1n) is 9.46. The van der Waals surface area contributed by atoms with E-state index in [2.05, 4.69) is 19.4 Å². The summed E-state index contributed by atoms with van der Waals surface area (Å²) < 4.78 is 35.2. The van der Waals surface area contributed by atoms with E-state index in [1.165, 1.54) is 0 Å². The molecule has 0 bridgehead atoms. The van der Waals surface area contributed by atoms with Gasteiger partial charge in [-0.15, -0.1) is 4.40 Å². The van der Waals surface area contributed by atoms with Crippen LogP contribution < -0.4 is 20.5 Å². The van der Waals surface area contributed by atoms with Crippen LogP contribution in [0.2, 0.25) is 0 Å². The molecule has 1 aromatic heterocycles. The SMILES string of the molecule is CC(C)(COc1cccc2c1C(N)=NS(=O)(=O)N2)NC(=O)c1nccc2ccccc12. The van der Waals surface area contributed by atoms with Crippen molar-refractivity contribution in [1.82, 2.24) is 10.3 Å². The molecule has 0 spiro atoms. The van der Waals surface area contributed by atoms with E-state index in [9.17, 15) is 13.2 Å². The monoisotopic (exact) mass is 439 g/mol. The van der Waals surface area contributed by atoms with E-state index in [1.54, 1.807) is 24.4 Å². The molecular weight excluding hydrogens is 418 g/mol. The maximum Gasteiger partial charge on any atom is 0.344 e. The van der Waals surface area contributed by atoms with Crippen LogP contribution in [0.4, 0.5) is 5.69 Å². The van der Waals surface area contributed by atoms with Crippen LogP contribution in [-0.2, 0) is 10.2 Å². The van der Waals surface area contributed by atoms with Crippen LogP contribution in [-0.4, -0.2) is 37.3 Å². The van der Waals surface area contributed by atoms with Gasteiger partial charge >= 0.3 is 10.2 Å². The Bertz CT molecular complexity index is 1310. The van der Waals surface area contributed by atoms with Gasteiger partial charge in [-0.25, -0.2) is 0 Å². The standard InChI is InChI=1S/C21H21N5O4S/c1-21(2,24-20(27)18-14-7-4-3-6-13(14)10-11-23-18)12-30-16-9-5-8-15-17(16)19(22)26-31(28,29)25-15/h3-11,25H,12H2,1-2H3,(H2,22,26)(H,24,27). The van der Waals surface area contributed by atoms with Gasteiger partial charge < -0.3 is 15.8 Å². The Morgan fingerprint density at radius 3 is 2.74 bits per heavy atom. The first kappa shape index (κ1) is 20.6. The van der Waals surface area contributed by atoms with Crippen LogP contribution in [0.1, 0.15) is 29.9 Å². The quantitative estimate of drug-likeness (QED) is 0.558. The molecule has 1 amide bonds. The lowest BCUT2D eigenvalue weighted by molar-refractivity contribution is 0.0877. The molecule has 31 heavy (non-hydrogen) atoms. The summed E-state index contributed by atoms with van der Waals surface area (Å²) in [6, 6.07) is 14.2. The Labute approximate surface area is 179 Å². The molecule has 160 valence electrons. The third kappa shape index (κ3) is 4.29. The van der Waals surface area contributed by atoms with E-state index in [-0.39, 0.29) is 24.0 Å². The molecule has 10 heteroatoms. The number of amidine groups is 1. The molecule has 4 rings (SSSR count). The van der Waals surface area contributed by atoms with E-state index < -0.39 is 15.7 Å². The maximum absolute atomic E-state index is 12.9. The average Bonchev–Trinajstić information content (AvgIpc) is 2.70. The van der Waals surface area contributed by atoms with Crippen molar-refractivity contribution < 1.29 is 17.9 Å². The largest absolute Gasteiger partial charge is 0.490 e. The minimum Gasteiger partial charge on any atom is -0.490 e. The topological polar surface area (TPSA) is 136 Å². The summed E-state index contributed by atoms with van der Waals surface area (Å²) in [6.45, 7) is 3.72. The normalized spacial score (nSPS) is 14.8. The van der Waals surface area contributed by atoms with E-state index in [0.29, 0.717) is 17.0 Å². The number of aromatic nitrogens is 1. The molecule has 1 aliphatic rings. The zero-order chi connectivity index (χ0) is 22.2. The Balaban J connectivity index is 1.52. The molecule has 9 nitrogen and oxygen atoms in total. The minimum absolute atomic E-state index is 0.0972. The minimum atomic E-state index is -3.88. The highest BCUT2D eigenvalue weighted by Gasteiger charge is 2.27. The Hall–Kier alpha value is -3.66. The first-order chi connectivity index (χ1) is 14.7. The lowest BCUT2D eigenvalue weighted by atomic mass is 10.0. The van der Waals surface area contributed by atoms with Crippen molar-refractivity contribution in [3.05, 3.63) is 66.0 Å². The fraction of sp³-hybridized carbons (Fsp3) is 0.190. The highest BCUT2D eigenvalue weighted by atomic mass is 32.2. The average molecular weight is 439 g/mol.